The van der Waals surface area contributed by atoms with Gasteiger partial charge >= 0.3 is 0 Å². The van der Waals surface area contributed by atoms with Crippen molar-refractivity contribution in [3.63, 3.8) is 0 Å². The van der Waals surface area contributed by atoms with Gasteiger partial charge in [-0.25, -0.2) is 0 Å². The van der Waals surface area contributed by atoms with Crippen LogP contribution in [-0.4, -0.2) is 18.9 Å². The van der Waals surface area contributed by atoms with E-state index >= 15 is 0 Å². The van der Waals surface area contributed by atoms with Gasteiger partial charge in [0.25, 0.3) is 0 Å². The molecule has 0 saturated carbocycles. The first-order valence-electron chi connectivity index (χ1n) is 5.80. The quantitative estimate of drug-likeness (QED) is 0.737. The second-order valence-electron chi connectivity index (χ2n) is 4.68. The van der Waals surface area contributed by atoms with Crippen LogP contribution in [0.15, 0.2) is 22.7 Å². The van der Waals surface area contributed by atoms with Crippen molar-refractivity contribution in [1.82, 2.24) is 0 Å². The van der Waals surface area contributed by atoms with E-state index in [1.165, 1.54) is 24.1 Å². The van der Waals surface area contributed by atoms with Crippen molar-refractivity contribution in [1.29, 1.82) is 0 Å². The van der Waals surface area contributed by atoms with Crippen molar-refractivity contribution in [2.45, 2.75) is 25.3 Å². The lowest BCUT2D eigenvalue weighted by Gasteiger charge is -2.37. The summed E-state index contributed by atoms with van der Waals surface area (Å²) in [7, 11) is 0. The molecule has 2 aliphatic heterocycles. The zero-order valence-electron chi connectivity index (χ0n) is 9.03. The normalized spacial score (nSPS) is 27.4. The van der Waals surface area contributed by atoms with E-state index in [1.807, 2.05) is 0 Å². The van der Waals surface area contributed by atoms with Gasteiger partial charge in [-0.3, -0.25) is 0 Å². The molecule has 1 fully saturated rings. The third kappa shape index (κ3) is 1.49. The van der Waals surface area contributed by atoms with Gasteiger partial charge in [0.2, 0.25) is 0 Å². The number of rotatable bonds is 1. The van der Waals surface area contributed by atoms with Gasteiger partial charge < -0.3 is 9.69 Å². The lowest BCUT2D eigenvalue weighted by Crippen LogP contribution is -2.41. The molecule has 3 rings (SSSR count). The Hall–Kier alpha value is -0.830. The summed E-state index contributed by atoms with van der Waals surface area (Å²) in [5, 5.41) is 0. The fourth-order valence-corrected chi connectivity index (χ4v) is 3.47. The fourth-order valence-electron chi connectivity index (χ4n) is 3.06. The van der Waals surface area contributed by atoms with E-state index in [2.05, 4.69) is 39.0 Å². The summed E-state index contributed by atoms with van der Waals surface area (Å²) in [4.78, 5) is 13.6. The Kier molecular flexibility index (Phi) is 2.51. The van der Waals surface area contributed by atoms with Crippen LogP contribution in [0.1, 0.15) is 18.4 Å². The molecule has 0 N–H and O–H groups in total. The van der Waals surface area contributed by atoms with Crippen LogP contribution in [0.25, 0.3) is 0 Å². The molecule has 2 atom stereocenters. The van der Waals surface area contributed by atoms with Gasteiger partial charge in [0.05, 0.1) is 0 Å². The SMILES string of the molecule is O=C[C@@H]1Cc2cc(Br)ccc2N2CCC[C@@H]12. The van der Waals surface area contributed by atoms with Crippen LogP contribution >= 0.6 is 15.9 Å². The number of aldehydes is 1. The Morgan fingerprint density at radius 1 is 1.44 bits per heavy atom. The van der Waals surface area contributed by atoms with Gasteiger partial charge in [-0.15, -0.1) is 0 Å². The maximum absolute atomic E-state index is 11.2. The standard InChI is InChI=1S/C13H14BrNO/c14-11-3-4-13-9(7-11)6-10(8-16)12-2-1-5-15(12)13/h3-4,7-8,10,12H,1-2,5-6H2/t10-,12-/m0/s1. The smallest absolute Gasteiger partial charge is 0.125 e. The van der Waals surface area contributed by atoms with Gasteiger partial charge in [-0.2, -0.15) is 0 Å². The van der Waals surface area contributed by atoms with Gasteiger partial charge in [-0.05, 0) is 43.0 Å². The molecule has 2 aliphatic rings. The first-order valence-corrected chi connectivity index (χ1v) is 6.59. The molecule has 0 aromatic heterocycles. The Morgan fingerprint density at radius 2 is 2.31 bits per heavy atom. The van der Waals surface area contributed by atoms with Crippen molar-refractivity contribution in [3.05, 3.63) is 28.2 Å². The van der Waals surface area contributed by atoms with Crippen molar-refractivity contribution in [3.8, 4) is 0 Å². The van der Waals surface area contributed by atoms with Gasteiger partial charge in [-0.1, -0.05) is 15.9 Å². The Morgan fingerprint density at radius 3 is 3.12 bits per heavy atom. The van der Waals surface area contributed by atoms with Gasteiger partial charge in [0.1, 0.15) is 6.29 Å². The second kappa shape index (κ2) is 3.88. The zero-order valence-corrected chi connectivity index (χ0v) is 10.6. The Labute approximate surface area is 104 Å². The predicted octanol–water partition coefficient (Wildman–Crippen LogP) is 2.79. The van der Waals surface area contributed by atoms with E-state index < -0.39 is 0 Å². The summed E-state index contributed by atoms with van der Waals surface area (Å²) < 4.78 is 1.11. The molecule has 0 unspecified atom stereocenters. The number of carbonyl (C=O) groups is 1. The van der Waals surface area contributed by atoms with E-state index in [9.17, 15) is 4.79 Å². The summed E-state index contributed by atoms with van der Waals surface area (Å²) in [6, 6.07) is 6.88. The molecule has 1 saturated heterocycles. The highest BCUT2D eigenvalue weighted by atomic mass is 79.9. The maximum Gasteiger partial charge on any atom is 0.125 e. The minimum absolute atomic E-state index is 0.185. The molecule has 1 aromatic rings. The summed E-state index contributed by atoms with van der Waals surface area (Å²) in [6.07, 6.45) is 4.43. The monoisotopic (exact) mass is 279 g/mol. The molecule has 3 heteroatoms. The van der Waals surface area contributed by atoms with Crippen LogP contribution in [0.3, 0.4) is 0 Å². The molecule has 0 bridgehead atoms. The van der Waals surface area contributed by atoms with Crippen LogP contribution in [0, 0.1) is 5.92 Å². The maximum atomic E-state index is 11.2. The number of hydrogen-bond donors (Lipinski definition) is 0. The van der Waals surface area contributed by atoms with Crippen LogP contribution in [-0.2, 0) is 11.2 Å². The number of hydrogen-bond acceptors (Lipinski definition) is 2. The number of benzene rings is 1. The average molecular weight is 280 g/mol. The van der Waals surface area contributed by atoms with Crippen LogP contribution in [0.5, 0.6) is 0 Å². The molecule has 84 valence electrons. The molecular formula is C13H14BrNO. The average Bonchev–Trinajstić information content (AvgIpc) is 2.76. The Balaban J connectivity index is 2.07. The molecular weight excluding hydrogens is 266 g/mol. The summed E-state index contributed by atoms with van der Waals surface area (Å²) in [5.74, 6) is 0.185. The molecule has 0 radical (unpaired) electrons. The fraction of sp³-hybridized carbons (Fsp3) is 0.462. The molecule has 1 aromatic carbocycles. The summed E-state index contributed by atoms with van der Waals surface area (Å²) in [6.45, 7) is 1.10. The lowest BCUT2D eigenvalue weighted by molar-refractivity contribution is -0.111. The topological polar surface area (TPSA) is 20.3 Å². The largest absolute Gasteiger partial charge is 0.368 e. The number of nitrogens with zero attached hydrogens (tertiary/aromatic N) is 1. The van der Waals surface area contributed by atoms with Gasteiger partial charge in [0, 0.05) is 28.7 Å². The number of halogens is 1. The molecule has 0 amide bonds. The first-order chi connectivity index (χ1) is 7.79. The number of fused-ring (bicyclic) bond motifs is 3. The minimum Gasteiger partial charge on any atom is -0.368 e. The van der Waals surface area contributed by atoms with Crippen LogP contribution in [0.2, 0.25) is 0 Å². The molecule has 0 aliphatic carbocycles. The molecule has 16 heavy (non-hydrogen) atoms. The van der Waals surface area contributed by atoms with Crippen LogP contribution in [0.4, 0.5) is 5.69 Å². The van der Waals surface area contributed by atoms with E-state index in [-0.39, 0.29) is 5.92 Å². The predicted molar refractivity (Wildman–Crippen MR) is 67.8 cm³/mol. The minimum atomic E-state index is 0.185. The highest BCUT2D eigenvalue weighted by molar-refractivity contribution is 9.10. The van der Waals surface area contributed by atoms with Crippen molar-refractivity contribution < 1.29 is 4.79 Å². The third-order valence-electron chi connectivity index (χ3n) is 3.77. The lowest BCUT2D eigenvalue weighted by atomic mass is 9.87. The van der Waals surface area contributed by atoms with Crippen molar-refractivity contribution in [2.24, 2.45) is 5.92 Å². The van der Waals surface area contributed by atoms with E-state index in [4.69, 9.17) is 0 Å². The summed E-state index contributed by atoms with van der Waals surface area (Å²) >= 11 is 3.50. The third-order valence-corrected chi connectivity index (χ3v) is 4.27. The first kappa shape index (κ1) is 10.3. The highest BCUT2D eigenvalue weighted by Crippen LogP contribution is 2.39. The van der Waals surface area contributed by atoms with Crippen LogP contribution < -0.4 is 4.90 Å². The van der Waals surface area contributed by atoms with E-state index in [0.29, 0.717) is 6.04 Å². The van der Waals surface area contributed by atoms with Crippen molar-refractivity contribution in [2.75, 3.05) is 11.4 Å². The zero-order chi connectivity index (χ0) is 11.1. The number of carbonyl (C=O) groups excluding carboxylic acids is 1. The molecule has 2 nitrogen and oxygen atoms in total. The van der Waals surface area contributed by atoms with Gasteiger partial charge in [0.15, 0.2) is 0 Å². The number of anilines is 1. The second-order valence-corrected chi connectivity index (χ2v) is 5.60. The molecule has 0 spiro atoms. The van der Waals surface area contributed by atoms with E-state index in [0.717, 1.165) is 23.7 Å². The van der Waals surface area contributed by atoms with Crippen molar-refractivity contribution >= 4 is 27.9 Å². The highest BCUT2D eigenvalue weighted by Gasteiger charge is 2.36. The summed E-state index contributed by atoms with van der Waals surface area (Å²) in [5.41, 5.74) is 2.65. The Bertz CT molecular complexity index is 432. The molecule has 2 heterocycles. The van der Waals surface area contributed by atoms with E-state index in [1.54, 1.807) is 0 Å².